The van der Waals surface area contributed by atoms with Crippen molar-refractivity contribution in [3.63, 3.8) is 0 Å². The molecule has 2 heterocycles. The Hall–Kier alpha value is -0.630. The van der Waals surface area contributed by atoms with Crippen LogP contribution in [0.2, 0.25) is 0 Å². The van der Waals surface area contributed by atoms with E-state index in [1.165, 1.54) is 5.69 Å². The lowest BCUT2D eigenvalue weighted by atomic mass is 10.4. The molecule has 0 radical (unpaired) electrons. The number of rotatable bonds is 8. The van der Waals surface area contributed by atoms with Crippen LogP contribution in [0.1, 0.15) is 5.69 Å². The van der Waals surface area contributed by atoms with Crippen LogP contribution in [0.4, 0.5) is 5.82 Å². The third kappa shape index (κ3) is 3.28. The van der Waals surface area contributed by atoms with Crippen LogP contribution in [-0.2, 0) is 14.8 Å². The van der Waals surface area contributed by atoms with Gasteiger partial charge in [0.25, 0.3) is 0 Å². The van der Waals surface area contributed by atoms with Crippen molar-refractivity contribution in [1.29, 1.82) is 0 Å². The van der Waals surface area contributed by atoms with Crippen LogP contribution in [0.25, 0.3) is 4.96 Å². The fourth-order valence-corrected chi connectivity index (χ4v) is 3.17. The zero-order chi connectivity index (χ0) is 13.7. The third-order valence-electron chi connectivity index (χ3n) is 2.90. The zero-order valence-corrected chi connectivity index (χ0v) is 13.5. The number of methoxy groups -OCH3 is 2. The van der Waals surface area contributed by atoms with Crippen LogP contribution in [0.3, 0.4) is 0 Å². The molecule has 0 aliphatic heterocycles. The highest BCUT2D eigenvalue weighted by Gasteiger charge is 2.17. The predicted octanol–water partition coefficient (Wildman–Crippen LogP) is 2.39. The van der Waals surface area contributed by atoms with Gasteiger partial charge in [-0.25, -0.2) is 4.98 Å². The quantitative estimate of drug-likeness (QED) is 0.687. The van der Waals surface area contributed by atoms with Gasteiger partial charge in [-0.1, -0.05) is 15.9 Å². The molecule has 0 aliphatic rings. The normalized spacial score (nSPS) is 11.3. The van der Waals surface area contributed by atoms with E-state index < -0.39 is 0 Å². The highest BCUT2D eigenvalue weighted by Crippen LogP contribution is 2.26. The van der Waals surface area contributed by atoms with Crippen LogP contribution in [0.15, 0.2) is 11.6 Å². The summed E-state index contributed by atoms with van der Waals surface area (Å²) in [5.74, 6) is 1.01. The Balaban J connectivity index is 2.27. The maximum absolute atomic E-state index is 5.18. The molecule has 0 unspecified atom stereocenters. The summed E-state index contributed by atoms with van der Waals surface area (Å²) in [6.45, 7) is 2.97. The van der Waals surface area contributed by atoms with E-state index in [0.29, 0.717) is 13.2 Å². The van der Waals surface area contributed by atoms with Crippen molar-refractivity contribution in [2.75, 3.05) is 45.4 Å². The number of hydrogen-bond donors (Lipinski definition) is 0. The lowest BCUT2D eigenvalue weighted by molar-refractivity contribution is 0.190. The van der Waals surface area contributed by atoms with Crippen molar-refractivity contribution < 1.29 is 9.47 Å². The van der Waals surface area contributed by atoms with E-state index in [9.17, 15) is 0 Å². The van der Waals surface area contributed by atoms with E-state index in [2.05, 4.69) is 31.4 Å². The maximum Gasteiger partial charge on any atom is 0.195 e. The summed E-state index contributed by atoms with van der Waals surface area (Å²) in [6.07, 6.45) is 2.05. The van der Waals surface area contributed by atoms with E-state index in [0.717, 1.165) is 29.2 Å². The number of thiazole rings is 1. The van der Waals surface area contributed by atoms with E-state index in [-0.39, 0.29) is 0 Å². The van der Waals surface area contributed by atoms with Gasteiger partial charge in [0.05, 0.1) is 18.9 Å². The minimum absolute atomic E-state index is 0.677. The van der Waals surface area contributed by atoms with Crippen LogP contribution in [0, 0.1) is 0 Å². The predicted molar refractivity (Wildman–Crippen MR) is 81.7 cm³/mol. The minimum atomic E-state index is 0.677. The van der Waals surface area contributed by atoms with Crippen molar-refractivity contribution >= 4 is 38.0 Å². The van der Waals surface area contributed by atoms with Gasteiger partial charge in [0, 0.05) is 44.2 Å². The van der Waals surface area contributed by atoms with Crippen LogP contribution >= 0.6 is 27.3 Å². The molecule has 5 nitrogen and oxygen atoms in total. The molecule has 0 saturated heterocycles. The van der Waals surface area contributed by atoms with Gasteiger partial charge in [0.15, 0.2) is 10.8 Å². The van der Waals surface area contributed by atoms with Gasteiger partial charge in [0.1, 0.15) is 0 Å². The second-order valence-corrected chi connectivity index (χ2v) is 5.48. The van der Waals surface area contributed by atoms with Crippen molar-refractivity contribution in [1.82, 2.24) is 9.38 Å². The number of imidazole rings is 1. The standard InChI is InChI=1S/C12H18BrN3O2S/c1-17-6-3-15(4-7-18-2)11-10(9-13)16-5-8-19-12(16)14-11/h5,8H,3-4,6-7,9H2,1-2H3. The van der Waals surface area contributed by atoms with Gasteiger partial charge in [-0.15, -0.1) is 11.3 Å². The Bertz CT molecular complexity index is 506. The summed E-state index contributed by atoms with van der Waals surface area (Å²) >= 11 is 5.20. The van der Waals surface area contributed by atoms with Gasteiger partial charge >= 0.3 is 0 Å². The Labute approximate surface area is 125 Å². The topological polar surface area (TPSA) is 39.0 Å². The average Bonchev–Trinajstić information content (AvgIpc) is 2.99. The van der Waals surface area contributed by atoms with Crippen molar-refractivity contribution in [3.05, 3.63) is 17.3 Å². The molecule has 106 valence electrons. The molecule has 0 aliphatic carbocycles. The number of anilines is 1. The summed E-state index contributed by atoms with van der Waals surface area (Å²) in [7, 11) is 3.43. The van der Waals surface area contributed by atoms with Gasteiger partial charge < -0.3 is 14.4 Å². The highest BCUT2D eigenvalue weighted by atomic mass is 79.9. The van der Waals surface area contributed by atoms with Gasteiger partial charge in [-0.3, -0.25) is 4.40 Å². The summed E-state index contributed by atoms with van der Waals surface area (Å²) in [4.78, 5) is 7.95. The SMILES string of the molecule is COCCN(CCOC)c1nc2sccn2c1CBr. The first kappa shape index (κ1) is 14.8. The first-order chi connectivity index (χ1) is 9.31. The molecule has 0 aromatic carbocycles. The Morgan fingerprint density at radius 3 is 2.58 bits per heavy atom. The third-order valence-corrected chi connectivity index (χ3v) is 4.18. The van der Waals surface area contributed by atoms with E-state index in [4.69, 9.17) is 14.5 Å². The summed E-state index contributed by atoms with van der Waals surface area (Å²) in [5, 5.41) is 2.82. The van der Waals surface area contributed by atoms with E-state index in [1.807, 2.05) is 5.38 Å². The molecular formula is C12H18BrN3O2S. The Kier molecular flexibility index (Phi) is 5.62. The Morgan fingerprint density at radius 2 is 2.00 bits per heavy atom. The largest absolute Gasteiger partial charge is 0.383 e. The molecule has 0 atom stereocenters. The van der Waals surface area contributed by atoms with Crippen LogP contribution < -0.4 is 4.90 Å². The molecule has 19 heavy (non-hydrogen) atoms. The minimum Gasteiger partial charge on any atom is -0.383 e. The number of ether oxygens (including phenoxy) is 2. The Morgan fingerprint density at radius 1 is 1.32 bits per heavy atom. The molecule has 2 aromatic heterocycles. The molecule has 0 amide bonds. The smallest absolute Gasteiger partial charge is 0.195 e. The van der Waals surface area contributed by atoms with Crippen molar-refractivity contribution in [2.24, 2.45) is 0 Å². The number of nitrogens with zero attached hydrogens (tertiary/aromatic N) is 3. The monoisotopic (exact) mass is 347 g/mol. The highest BCUT2D eigenvalue weighted by molar-refractivity contribution is 9.08. The van der Waals surface area contributed by atoms with Gasteiger partial charge in [-0.2, -0.15) is 0 Å². The van der Waals surface area contributed by atoms with Gasteiger partial charge in [0.2, 0.25) is 0 Å². The summed E-state index contributed by atoms with van der Waals surface area (Å²) in [6, 6.07) is 0. The fourth-order valence-electron chi connectivity index (χ4n) is 1.93. The number of fused-ring (bicyclic) bond motifs is 1. The van der Waals surface area contributed by atoms with E-state index in [1.54, 1.807) is 25.6 Å². The van der Waals surface area contributed by atoms with Crippen LogP contribution in [0.5, 0.6) is 0 Å². The number of alkyl halides is 1. The lowest BCUT2D eigenvalue weighted by Crippen LogP contribution is -2.31. The molecule has 0 fully saturated rings. The first-order valence-electron chi connectivity index (χ1n) is 6.05. The van der Waals surface area contributed by atoms with E-state index >= 15 is 0 Å². The fraction of sp³-hybridized carbons (Fsp3) is 0.583. The lowest BCUT2D eigenvalue weighted by Gasteiger charge is -2.22. The van der Waals surface area contributed by atoms with Crippen LogP contribution in [-0.4, -0.2) is 49.9 Å². The second kappa shape index (κ2) is 7.23. The molecule has 0 N–H and O–H groups in total. The van der Waals surface area contributed by atoms with Gasteiger partial charge in [-0.05, 0) is 0 Å². The van der Waals surface area contributed by atoms with Crippen molar-refractivity contribution in [3.8, 4) is 0 Å². The average molecular weight is 348 g/mol. The second-order valence-electron chi connectivity index (χ2n) is 4.04. The summed E-state index contributed by atoms with van der Waals surface area (Å²) in [5.41, 5.74) is 1.17. The number of hydrogen-bond acceptors (Lipinski definition) is 5. The molecule has 0 spiro atoms. The maximum atomic E-state index is 5.18. The first-order valence-corrected chi connectivity index (χ1v) is 8.05. The molecule has 0 bridgehead atoms. The number of aromatic nitrogens is 2. The number of halogens is 1. The zero-order valence-electron chi connectivity index (χ0n) is 11.1. The summed E-state index contributed by atoms with van der Waals surface area (Å²) < 4.78 is 12.5. The molecule has 2 rings (SSSR count). The molecule has 2 aromatic rings. The van der Waals surface area contributed by atoms with Crippen molar-refractivity contribution in [2.45, 2.75) is 5.33 Å². The molecule has 0 saturated carbocycles. The molecular weight excluding hydrogens is 330 g/mol. The molecule has 7 heteroatoms.